The Morgan fingerprint density at radius 2 is 0.731 bits per heavy atom. The second-order valence-electron chi connectivity index (χ2n) is 36.1. The highest BCUT2D eigenvalue weighted by molar-refractivity contribution is 7.26. The first-order valence-corrected chi connectivity index (χ1v) is 45.7. The summed E-state index contributed by atoms with van der Waals surface area (Å²) in [7, 11) is 0. The van der Waals surface area contributed by atoms with Crippen LogP contribution < -0.4 is 0 Å². The molecule has 26 aromatic rings. The number of fused-ring (bicyclic) bond motifs is 31. The first kappa shape index (κ1) is 74.4. The summed E-state index contributed by atoms with van der Waals surface area (Å²) in [5, 5.41) is 16.6. The van der Waals surface area contributed by atoms with Crippen LogP contribution in [0.1, 0.15) is 74.9 Å². The zero-order chi connectivity index (χ0) is 86.3. The maximum absolute atomic E-state index is 6.65. The molecular weight excluding hydrogens is 1630 g/mol. The SMILES string of the molecule is CC1(C)c2c(-c3nc(-c4ccc5ccccc5c4)c4c(n3)oc3ccccc34)cccc2-c2ccc3c(oc4ccccc43)c21.CC1(C)c2ccccc2-c2cc3c(cc21)oc1cc(-c2nc(-c4ccccc4)c4c(n2)oc2ccccc24)ccc13.CC1(C)c2ccccc2-c2ccc3c(oc4ccc(-c5nc(-c6cc7ccccc7s6)c6c(n5)sc5ccccc56)cc43)c21. The molecule has 0 aliphatic heterocycles. The standard InChI is InChI=1S/C41H26N2O2.C39H24N2OS2.C37H24N2O2/c1-41(2)35-27(28-20-21-29-26-12-5-7-16-32(26)44-38(29)36(28)41)14-9-15-31(35)39-42-37(25-19-18-23-10-3-4-11-24(23)22-25)34-30-13-6-8-17-33(30)45-40(34)43-39;1-39(2)28-12-6-4-10-23(28)24-16-17-25-27-19-22(15-18-29(27)42-36(25)34(24)39)37-40-35(32-20-21-9-3-7-13-30(21)43-32)33-26-11-5-8-14-31(26)44-38(33)41-37;1-37(2)28-14-8-6-12-23(28)26-19-27-24-17-16-22(18-31(24)40-32(27)20-29(26)37)35-38-34(21-10-4-3-5-11-21)33-25-13-7-9-15-30(25)41-36(33)39-35/h3-22H,1-2H3;3-20H,1-2H3;3-20H,1-2H3. The van der Waals surface area contributed by atoms with Gasteiger partial charge < -0.3 is 22.1 Å². The minimum atomic E-state index is -0.357. The van der Waals surface area contributed by atoms with Crippen LogP contribution in [0.25, 0.3) is 252 Å². The van der Waals surface area contributed by atoms with Gasteiger partial charge in [0.1, 0.15) is 49.5 Å². The summed E-state index contributed by atoms with van der Waals surface area (Å²) < 4.78 is 34.9. The summed E-state index contributed by atoms with van der Waals surface area (Å²) in [6.07, 6.45) is 0. The monoisotopic (exact) mass is 1710 g/mol. The van der Waals surface area contributed by atoms with Gasteiger partial charge in [-0.1, -0.05) is 284 Å². The zero-order valence-electron chi connectivity index (χ0n) is 71.4. The summed E-state index contributed by atoms with van der Waals surface area (Å²) in [4.78, 5) is 33.2. The van der Waals surface area contributed by atoms with E-state index >= 15 is 0 Å². The summed E-state index contributed by atoms with van der Waals surface area (Å²) in [6, 6.07) is 119. The molecular formula is C117H74N6O5S2. The van der Waals surface area contributed by atoms with E-state index in [1.165, 1.54) is 97.7 Å². The van der Waals surface area contributed by atoms with Crippen molar-refractivity contribution in [2.24, 2.45) is 0 Å². The highest BCUT2D eigenvalue weighted by Gasteiger charge is 2.43. The topological polar surface area (TPSA) is 143 Å². The molecule has 0 N–H and O–H groups in total. The molecule has 0 spiro atoms. The van der Waals surface area contributed by atoms with E-state index in [0.717, 1.165) is 164 Å². The van der Waals surface area contributed by atoms with E-state index in [9.17, 15) is 0 Å². The molecule has 29 rings (SSSR count). The molecule has 0 amide bonds. The first-order valence-electron chi connectivity index (χ1n) is 44.1. The number of para-hydroxylation sites is 3. The van der Waals surface area contributed by atoms with Gasteiger partial charge in [0.25, 0.3) is 0 Å². The lowest BCUT2D eigenvalue weighted by atomic mass is 9.79. The Hall–Kier alpha value is -15.8. The molecule has 10 heterocycles. The van der Waals surface area contributed by atoms with Gasteiger partial charge >= 0.3 is 0 Å². The fourth-order valence-corrected chi connectivity index (χ4v) is 23.7. The van der Waals surface area contributed by atoms with Crippen molar-refractivity contribution in [1.82, 2.24) is 29.9 Å². The second kappa shape index (κ2) is 27.6. The van der Waals surface area contributed by atoms with Crippen molar-refractivity contribution in [2.45, 2.75) is 57.8 Å². The molecule has 10 aromatic heterocycles. The number of hydrogen-bond acceptors (Lipinski definition) is 13. The molecule has 3 aliphatic carbocycles. The van der Waals surface area contributed by atoms with Crippen LogP contribution in [0.15, 0.2) is 362 Å². The van der Waals surface area contributed by atoms with Crippen molar-refractivity contribution in [2.75, 3.05) is 0 Å². The van der Waals surface area contributed by atoms with Crippen LogP contribution in [0.5, 0.6) is 0 Å². The van der Waals surface area contributed by atoms with Gasteiger partial charge in [0.05, 0.1) is 32.7 Å². The lowest BCUT2D eigenvalue weighted by molar-refractivity contribution is 0.619. The third-order valence-electron chi connectivity index (χ3n) is 27.7. The van der Waals surface area contributed by atoms with E-state index in [1.807, 2.05) is 66.7 Å². The molecule has 0 bridgehead atoms. The second-order valence-corrected chi connectivity index (χ2v) is 38.3. The van der Waals surface area contributed by atoms with Crippen LogP contribution in [0.2, 0.25) is 0 Å². The van der Waals surface area contributed by atoms with Gasteiger partial charge in [-0.25, -0.2) is 19.9 Å². The Balaban J connectivity index is 0.000000100. The summed E-state index contributed by atoms with van der Waals surface area (Å²) >= 11 is 3.53. The van der Waals surface area contributed by atoms with E-state index in [2.05, 4.69) is 315 Å². The molecule has 0 fully saturated rings. The first-order chi connectivity index (χ1) is 63.7. The van der Waals surface area contributed by atoms with Crippen molar-refractivity contribution in [3.05, 3.63) is 373 Å². The molecule has 13 heteroatoms. The van der Waals surface area contributed by atoms with E-state index in [4.69, 9.17) is 52.0 Å². The van der Waals surface area contributed by atoms with Crippen molar-refractivity contribution in [1.29, 1.82) is 0 Å². The van der Waals surface area contributed by atoms with Gasteiger partial charge in [0.2, 0.25) is 11.4 Å². The van der Waals surface area contributed by atoms with Crippen LogP contribution >= 0.6 is 22.7 Å². The van der Waals surface area contributed by atoms with Crippen molar-refractivity contribution in [3.63, 3.8) is 0 Å². The van der Waals surface area contributed by atoms with Gasteiger partial charge in [-0.05, 0) is 169 Å². The number of rotatable bonds is 6. The third-order valence-corrected chi connectivity index (χ3v) is 29.9. The van der Waals surface area contributed by atoms with Crippen molar-refractivity contribution < 1.29 is 22.1 Å². The molecule has 16 aromatic carbocycles. The molecule has 3 aliphatic rings. The molecule has 0 saturated carbocycles. The smallest absolute Gasteiger partial charge is 0.231 e. The Morgan fingerprint density at radius 3 is 1.48 bits per heavy atom. The summed E-state index contributed by atoms with van der Waals surface area (Å²) in [5.74, 6) is 2.00. The molecule has 0 unspecified atom stereocenters. The van der Waals surface area contributed by atoms with E-state index in [1.54, 1.807) is 22.7 Å². The Bertz CT molecular complexity index is 9360. The number of furan rings is 5. The van der Waals surface area contributed by atoms with Gasteiger partial charge in [-0.2, -0.15) is 9.97 Å². The normalized spacial score (nSPS) is 13.8. The van der Waals surface area contributed by atoms with E-state index in [-0.39, 0.29) is 16.2 Å². The molecule has 614 valence electrons. The molecule has 11 nitrogen and oxygen atoms in total. The Morgan fingerprint density at radius 1 is 0.231 bits per heavy atom. The Labute approximate surface area is 751 Å². The fraction of sp³-hybridized carbons (Fsp3) is 0.0769. The van der Waals surface area contributed by atoms with Crippen LogP contribution in [0.4, 0.5) is 0 Å². The predicted molar refractivity (Wildman–Crippen MR) is 534 cm³/mol. The minimum Gasteiger partial charge on any atom is -0.456 e. The van der Waals surface area contributed by atoms with Crippen molar-refractivity contribution >= 4 is 174 Å². The van der Waals surface area contributed by atoms with Crippen LogP contribution in [-0.4, -0.2) is 29.9 Å². The van der Waals surface area contributed by atoms with Crippen LogP contribution in [0.3, 0.4) is 0 Å². The van der Waals surface area contributed by atoms with Gasteiger partial charge in [0, 0.05) is 118 Å². The average molecular weight is 1710 g/mol. The maximum Gasteiger partial charge on any atom is 0.231 e. The molecule has 0 radical (unpaired) electrons. The largest absolute Gasteiger partial charge is 0.456 e. The Kier molecular flexibility index (Phi) is 15.8. The quantitative estimate of drug-likeness (QED) is 0.157. The van der Waals surface area contributed by atoms with E-state index < -0.39 is 0 Å². The number of benzene rings is 16. The average Bonchev–Trinajstić information content (AvgIpc) is 1.54. The minimum absolute atomic E-state index is 0.0755. The third kappa shape index (κ3) is 11.0. The lowest BCUT2D eigenvalue weighted by Crippen LogP contribution is -2.17. The van der Waals surface area contributed by atoms with Crippen molar-refractivity contribution in [3.8, 4) is 101 Å². The molecule has 0 saturated heterocycles. The molecule has 0 atom stereocenters. The maximum atomic E-state index is 6.65. The van der Waals surface area contributed by atoms with Crippen LogP contribution in [-0.2, 0) is 16.2 Å². The number of nitrogens with zero attached hydrogens (tertiary/aromatic N) is 6. The number of aromatic nitrogens is 6. The highest BCUT2D eigenvalue weighted by Crippen LogP contribution is 2.58. The summed E-state index contributed by atoms with van der Waals surface area (Å²) in [5.41, 5.74) is 30.5. The van der Waals surface area contributed by atoms with Crippen LogP contribution in [0, 0.1) is 0 Å². The lowest BCUT2D eigenvalue weighted by Gasteiger charge is -2.24. The van der Waals surface area contributed by atoms with E-state index in [0.29, 0.717) is 23.1 Å². The fourth-order valence-electron chi connectivity index (χ4n) is 21.6. The molecule has 130 heavy (non-hydrogen) atoms. The predicted octanol–water partition coefficient (Wildman–Crippen LogP) is 32.6. The highest BCUT2D eigenvalue weighted by atomic mass is 32.1. The number of thiophene rings is 2. The summed E-state index contributed by atoms with van der Waals surface area (Å²) in [6.45, 7) is 13.8. The number of hydrogen-bond donors (Lipinski definition) is 0. The zero-order valence-corrected chi connectivity index (χ0v) is 73.0. The van der Waals surface area contributed by atoms with Gasteiger partial charge in [-0.3, -0.25) is 0 Å². The van der Waals surface area contributed by atoms with Gasteiger partial charge in [0.15, 0.2) is 17.5 Å². The van der Waals surface area contributed by atoms with Gasteiger partial charge in [-0.15, -0.1) is 22.7 Å².